The summed E-state index contributed by atoms with van der Waals surface area (Å²) in [4.78, 5) is 12.2. The number of carbonyl (C=O) groups excluding carboxylic acids is 1. The first-order chi connectivity index (χ1) is 9.01. The number of para-hydroxylation sites is 1. The molecule has 106 valence electrons. The molecule has 0 fully saturated rings. The molecule has 1 aromatic carbocycles. The number of anilines is 1. The minimum absolute atomic E-state index is 0.154. The van der Waals surface area contributed by atoms with E-state index in [1.54, 1.807) is 6.92 Å². The Kier molecular flexibility index (Phi) is 5.99. The largest absolute Gasteiger partial charge is 0.377 e. The van der Waals surface area contributed by atoms with Gasteiger partial charge in [0.2, 0.25) is 5.91 Å². The van der Waals surface area contributed by atoms with E-state index >= 15 is 0 Å². The lowest BCUT2D eigenvalue weighted by atomic mass is 9.96. The highest BCUT2D eigenvalue weighted by Crippen LogP contribution is 2.19. The van der Waals surface area contributed by atoms with Gasteiger partial charge in [-0.25, -0.2) is 0 Å². The van der Waals surface area contributed by atoms with E-state index in [-0.39, 0.29) is 5.91 Å². The maximum Gasteiger partial charge on any atom is 0.244 e. The maximum atomic E-state index is 12.2. The van der Waals surface area contributed by atoms with Gasteiger partial charge in [-0.1, -0.05) is 31.5 Å². The number of carbonyl (C=O) groups is 1. The van der Waals surface area contributed by atoms with Gasteiger partial charge in [-0.05, 0) is 26.3 Å². The van der Waals surface area contributed by atoms with Crippen molar-refractivity contribution in [2.45, 2.75) is 45.8 Å². The molecule has 0 aliphatic rings. The average Bonchev–Trinajstić information content (AvgIpc) is 2.37. The summed E-state index contributed by atoms with van der Waals surface area (Å²) in [5.74, 6) is -0.154. The van der Waals surface area contributed by atoms with Crippen LogP contribution in [-0.4, -0.2) is 18.1 Å². The maximum absolute atomic E-state index is 12.2. The summed E-state index contributed by atoms with van der Waals surface area (Å²) in [6.45, 7) is 6.85. The summed E-state index contributed by atoms with van der Waals surface area (Å²) in [6.07, 6.45) is 1.54. The van der Waals surface area contributed by atoms with Gasteiger partial charge in [0, 0.05) is 17.9 Å². The number of nitrogens with one attached hydrogen (secondary N) is 1. The highest BCUT2D eigenvalue weighted by atomic mass is 16.5. The van der Waals surface area contributed by atoms with Crippen molar-refractivity contribution >= 4 is 11.6 Å². The van der Waals surface area contributed by atoms with Crippen molar-refractivity contribution in [3.63, 3.8) is 0 Å². The predicted octanol–water partition coefficient (Wildman–Crippen LogP) is 2.68. The fraction of sp³-hybridized carbons (Fsp3) is 0.533. The normalized spacial score (nSPS) is 13.9. The molecule has 1 aromatic rings. The minimum atomic E-state index is -0.840. The predicted molar refractivity (Wildman–Crippen MR) is 77.9 cm³/mol. The molecule has 0 saturated heterocycles. The first kappa shape index (κ1) is 15.7. The van der Waals surface area contributed by atoms with Crippen LogP contribution < -0.4 is 11.1 Å². The molecule has 0 bridgehead atoms. The number of hydrogen-bond donors (Lipinski definition) is 2. The first-order valence-electron chi connectivity index (χ1n) is 6.77. The summed E-state index contributed by atoms with van der Waals surface area (Å²) in [7, 11) is 0. The number of ether oxygens (including phenoxy) is 1. The zero-order valence-electron chi connectivity index (χ0n) is 12.0. The van der Waals surface area contributed by atoms with Crippen LogP contribution in [0.5, 0.6) is 0 Å². The average molecular weight is 264 g/mol. The monoisotopic (exact) mass is 264 g/mol. The van der Waals surface area contributed by atoms with Crippen LogP contribution in [0.4, 0.5) is 5.69 Å². The van der Waals surface area contributed by atoms with Crippen LogP contribution in [0.25, 0.3) is 0 Å². The van der Waals surface area contributed by atoms with Crippen molar-refractivity contribution in [1.82, 2.24) is 0 Å². The molecular weight excluding hydrogens is 240 g/mol. The van der Waals surface area contributed by atoms with Gasteiger partial charge in [-0.3, -0.25) is 4.79 Å². The van der Waals surface area contributed by atoms with Gasteiger partial charge in [0.25, 0.3) is 0 Å². The Morgan fingerprint density at radius 2 is 2.05 bits per heavy atom. The van der Waals surface area contributed by atoms with Gasteiger partial charge in [-0.15, -0.1) is 0 Å². The van der Waals surface area contributed by atoms with Gasteiger partial charge in [0.15, 0.2) is 0 Å². The second-order valence-corrected chi connectivity index (χ2v) is 4.92. The van der Waals surface area contributed by atoms with E-state index in [0.717, 1.165) is 17.7 Å². The van der Waals surface area contributed by atoms with Gasteiger partial charge in [0.05, 0.1) is 12.1 Å². The van der Waals surface area contributed by atoms with Crippen molar-refractivity contribution in [1.29, 1.82) is 0 Å². The molecule has 1 amide bonds. The number of benzene rings is 1. The lowest BCUT2D eigenvalue weighted by molar-refractivity contribution is -0.120. The van der Waals surface area contributed by atoms with Crippen LogP contribution in [0, 0.1) is 0 Å². The van der Waals surface area contributed by atoms with E-state index in [1.807, 2.05) is 38.1 Å². The molecule has 0 radical (unpaired) electrons. The van der Waals surface area contributed by atoms with Crippen LogP contribution in [0.3, 0.4) is 0 Å². The van der Waals surface area contributed by atoms with Crippen LogP contribution in [0.15, 0.2) is 24.3 Å². The van der Waals surface area contributed by atoms with Crippen molar-refractivity contribution in [2.24, 2.45) is 5.73 Å². The Hall–Kier alpha value is -1.39. The molecule has 1 rings (SSSR count). The first-order valence-corrected chi connectivity index (χ1v) is 6.77. The summed E-state index contributed by atoms with van der Waals surface area (Å²) < 4.78 is 5.39. The van der Waals surface area contributed by atoms with Crippen molar-refractivity contribution < 1.29 is 9.53 Å². The molecule has 1 atom stereocenters. The standard InChI is InChI=1S/C15H24N2O2/c1-4-10-15(3,16)14(18)17-13-9-7-6-8-12(13)11-19-5-2/h6-9H,4-5,10-11,16H2,1-3H3,(H,17,18). The SMILES string of the molecule is CCCC(C)(N)C(=O)Nc1ccccc1COCC. The third-order valence-corrected chi connectivity index (χ3v) is 3.02. The quantitative estimate of drug-likeness (QED) is 0.795. The second-order valence-electron chi connectivity index (χ2n) is 4.92. The fourth-order valence-electron chi connectivity index (χ4n) is 1.88. The van der Waals surface area contributed by atoms with Gasteiger partial charge >= 0.3 is 0 Å². The van der Waals surface area contributed by atoms with Gasteiger partial charge < -0.3 is 15.8 Å². The molecule has 0 heterocycles. The van der Waals surface area contributed by atoms with E-state index < -0.39 is 5.54 Å². The molecule has 4 heteroatoms. The Labute approximate surface area is 115 Å². The summed E-state index contributed by atoms with van der Waals surface area (Å²) in [6, 6.07) is 7.63. The molecule has 19 heavy (non-hydrogen) atoms. The minimum Gasteiger partial charge on any atom is -0.377 e. The Morgan fingerprint density at radius 3 is 2.68 bits per heavy atom. The molecule has 0 saturated carbocycles. The van der Waals surface area contributed by atoms with Crippen LogP contribution in [-0.2, 0) is 16.1 Å². The fourth-order valence-corrected chi connectivity index (χ4v) is 1.88. The van der Waals surface area contributed by atoms with Crippen LogP contribution in [0.1, 0.15) is 39.2 Å². The van der Waals surface area contributed by atoms with E-state index in [9.17, 15) is 4.79 Å². The van der Waals surface area contributed by atoms with Crippen LogP contribution in [0.2, 0.25) is 0 Å². The molecule has 0 aliphatic heterocycles. The molecule has 4 nitrogen and oxygen atoms in total. The smallest absolute Gasteiger partial charge is 0.244 e. The highest BCUT2D eigenvalue weighted by molar-refractivity contribution is 5.98. The Morgan fingerprint density at radius 1 is 1.37 bits per heavy atom. The number of rotatable bonds is 7. The topological polar surface area (TPSA) is 64.4 Å². The second kappa shape index (κ2) is 7.26. The van der Waals surface area contributed by atoms with Crippen molar-refractivity contribution in [2.75, 3.05) is 11.9 Å². The van der Waals surface area contributed by atoms with E-state index in [4.69, 9.17) is 10.5 Å². The zero-order chi connectivity index (χ0) is 14.3. The lowest BCUT2D eigenvalue weighted by Gasteiger charge is -2.23. The number of nitrogens with two attached hydrogens (primary N) is 1. The van der Waals surface area contributed by atoms with Crippen molar-refractivity contribution in [3.05, 3.63) is 29.8 Å². The molecule has 1 unspecified atom stereocenters. The van der Waals surface area contributed by atoms with Gasteiger partial charge in [0.1, 0.15) is 0 Å². The van der Waals surface area contributed by atoms with Crippen molar-refractivity contribution in [3.8, 4) is 0 Å². The lowest BCUT2D eigenvalue weighted by Crippen LogP contribution is -2.48. The zero-order valence-corrected chi connectivity index (χ0v) is 12.0. The van der Waals surface area contributed by atoms with Crippen LogP contribution >= 0.6 is 0 Å². The Bertz CT molecular complexity index is 416. The third kappa shape index (κ3) is 4.65. The molecule has 0 spiro atoms. The summed E-state index contributed by atoms with van der Waals surface area (Å²) in [5.41, 5.74) is 6.92. The Balaban J connectivity index is 2.78. The number of hydrogen-bond acceptors (Lipinski definition) is 3. The third-order valence-electron chi connectivity index (χ3n) is 3.02. The summed E-state index contributed by atoms with van der Waals surface area (Å²) in [5, 5.41) is 2.90. The number of amides is 1. The molecule has 3 N–H and O–H groups in total. The van der Waals surface area contributed by atoms with E-state index in [2.05, 4.69) is 5.32 Å². The van der Waals surface area contributed by atoms with E-state index in [0.29, 0.717) is 19.6 Å². The highest BCUT2D eigenvalue weighted by Gasteiger charge is 2.27. The molecular formula is C15H24N2O2. The van der Waals surface area contributed by atoms with E-state index in [1.165, 1.54) is 0 Å². The van der Waals surface area contributed by atoms with Gasteiger partial charge in [-0.2, -0.15) is 0 Å². The summed E-state index contributed by atoms with van der Waals surface area (Å²) >= 11 is 0. The molecule has 0 aromatic heterocycles. The molecule has 0 aliphatic carbocycles.